The minimum atomic E-state index is -1.54. The number of carbonyl (C=O) groups excluding carboxylic acids is 1. The summed E-state index contributed by atoms with van der Waals surface area (Å²) in [4.78, 5) is 12.8. The second-order valence-electron chi connectivity index (χ2n) is 12.2. The van der Waals surface area contributed by atoms with Gasteiger partial charge < -0.3 is 83.2 Å². The lowest BCUT2D eigenvalue weighted by molar-refractivity contribution is -0.316. The number of rotatable bonds is 13. The summed E-state index contributed by atoms with van der Waals surface area (Å²) in [5.74, 6) is -0.739. The minimum absolute atomic E-state index is 0.00377. The van der Waals surface area contributed by atoms with Crippen LogP contribution < -0.4 is 33.6 Å². The van der Waals surface area contributed by atoms with E-state index in [2.05, 4.69) is 10.6 Å². The monoisotopic (exact) mass is 658 g/mol. The first-order chi connectivity index (χ1) is 22.0. The average Bonchev–Trinajstić information content (AvgIpc) is 3.03. The number of carbonyl (C=O) groups is 1. The van der Waals surface area contributed by atoms with Crippen molar-refractivity contribution in [1.82, 2.24) is 10.6 Å². The predicted molar refractivity (Wildman–Crippen MR) is 161 cm³/mol. The molecule has 6 unspecified atom stereocenters. The number of phenols is 1. The molecule has 46 heavy (non-hydrogen) atoms. The zero-order valence-corrected chi connectivity index (χ0v) is 25.6. The highest BCUT2D eigenvalue weighted by molar-refractivity contribution is 5.80. The van der Waals surface area contributed by atoms with Crippen LogP contribution in [-0.2, 0) is 30.3 Å². The third-order valence-electron chi connectivity index (χ3n) is 8.77. The maximum Gasteiger partial charge on any atom is 0.249 e. The predicted octanol–water partition coefficient (Wildman–Crippen LogP) is -4.86. The molecule has 14 atom stereocenters. The minimum Gasteiger partial charge on any atom is -0.508 e. The molecule has 0 spiro atoms. The number of ether oxygens (including phenoxy) is 4. The van der Waals surface area contributed by atoms with Gasteiger partial charge in [-0.05, 0) is 49.9 Å². The van der Waals surface area contributed by atoms with Gasteiger partial charge in [-0.25, -0.2) is 0 Å². The first-order valence-electron chi connectivity index (χ1n) is 15.6. The van der Waals surface area contributed by atoms with Gasteiger partial charge in [0.05, 0.1) is 30.8 Å². The summed E-state index contributed by atoms with van der Waals surface area (Å²) in [5, 5.41) is 69.5. The van der Waals surface area contributed by atoms with Crippen molar-refractivity contribution in [2.45, 2.75) is 118 Å². The Kier molecular flexibility index (Phi) is 13.5. The Hall–Kier alpha value is -2.07. The van der Waals surface area contributed by atoms with E-state index < -0.39 is 92.0 Å². The van der Waals surface area contributed by atoms with Crippen molar-refractivity contribution in [1.29, 1.82) is 0 Å². The molecule has 1 aromatic carbocycles. The quantitative estimate of drug-likeness (QED) is 0.0945. The molecule has 2 saturated heterocycles. The molecule has 0 aromatic heterocycles. The number of aromatic hydroxyl groups is 1. The van der Waals surface area contributed by atoms with E-state index in [0.29, 0.717) is 18.4 Å². The van der Waals surface area contributed by atoms with E-state index in [1.165, 1.54) is 12.1 Å². The van der Waals surface area contributed by atoms with E-state index in [1.54, 1.807) is 12.1 Å². The Morgan fingerprint density at radius 2 is 1.74 bits per heavy atom. The Bertz CT molecular complexity index is 1110. The second-order valence-corrected chi connectivity index (χ2v) is 12.2. The van der Waals surface area contributed by atoms with Crippen LogP contribution in [0.2, 0.25) is 0 Å². The fraction of sp³-hybridized carbons (Fsp3) is 0.759. The third-order valence-corrected chi connectivity index (χ3v) is 8.77. The molecule has 0 radical (unpaired) electrons. The van der Waals surface area contributed by atoms with Crippen LogP contribution in [0.5, 0.6) is 5.75 Å². The summed E-state index contributed by atoms with van der Waals surface area (Å²) < 4.78 is 23.9. The molecular weight excluding hydrogens is 608 g/mol. The molecule has 1 aromatic rings. The van der Waals surface area contributed by atoms with Crippen molar-refractivity contribution < 1.29 is 54.4 Å². The summed E-state index contributed by atoms with van der Waals surface area (Å²) in [6.45, 7) is -0.219. The molecule has 262 valence electrons. The average molecular weight is 659 g/mol. The van der Waals surface area contributed by atoms with Gasteiger partial charge in [0.1, 0.15) is 48.5 Å². The maximum atomic E-state index is 12.8. The van der Waals surface area contributed by atoms with Crippen LogP contribution in [0.15, 0.2) is 24.3 Å². The Balaban J connectivity index is 1.56. The topological polar surface area (TPSA) is 304 Å². The molecule has 2 heterocycles. The largest absolute Gasteiger partial charge is 0.508 e. The summed E-state index contributed by atoms with van der Waals surface area (Å²) in [7, 11) is 0. The molecule has 3 aliphatic rings. The fourth-order valence-electron chi connectivity index (χ4n) is 6.14. The highest BCUT2D eigenvalue weighted by Crippen LogP contribution is 2.32. The van der Waals surface area contributed by atoms with Crippen LogP contribution in [0, 0.1) is 0 Å². The number of aliphatic hydroxyl groups excluding tert-OH is 5. The molecular formula is C29H50N6O11. The van der Waals surface area contributed by atoms with E-state index in [1.807, 2.05) is 0 Å². The highest BCUT2D eigenvalue weighted by atomic mass is 16.7. The van der Waals surface area contributed by atoms with Gasteiger partial charge in [-0.3, -0.25) is 4.79 Å². The van der Waals surface area contributed by atoms with Crippen LogP contribution in [0.1, 0.15) is 31.2 Å². The van der Waals surface area contributed by atoms with Gasteiger partial charge >= 0.3 is 0 Å². The van der Waals surface area contributed by atoms with Gasteiger partial charge in [0.2, 0.25) is 5.91 Å². The van der Waals surface area contributed by atoms with E-state index in [9.17, 15) is 35.4 Å². The van der Waals surface area contributed by atoms with Crippen LogP contribution >= 0.6 is 0 Å². The third kappa shape index (κ3) is 8.88. The first kappa shape index (κ1) is 36.8. The van der Waals surface area contributed by atoms with Gasteiger partial charge in [-0.15, -0.1) is 0 Å². The second kappa shape index (κ2) is 16.8. The van der Waals surface area contributed by atoms with E-state index in [4.69, 9.17) is 41.9 Å². The Labute approximate surface area is 267 Å². The van der Waals surface area contributed by atoms with Crippen LogP contribution in [-0.4, -0.2) is 142 Å². The van der Waals surface area contributed by atoms with Gasteiger partial charge in [-0.2, -0.15) is 0 Å². The lowest BCUT2D eigenvalue weighted by Gasteiger charge is -2.49. The van der Waals surface area contributed by atoms with Crippen LogP contribution in [0.4, 0.5) is 0 Å². The maximum absolute atomic E-state index is 12.8. The van der Waals surface area contributed by atoms with E-state index >= 15 is 0 Å². The lowest BCUT2D eigenvalue weighted by atomic mass is 9.83. The van der Waals surface area contributed by atoms with Crippen molar-refractivity contribution >= 4 is 5.91 Å². The first-order valence-corrected chi connectivity index (χ1v) is 15.6. The van der Waals surface area contributed by atoms with Crippen molar-refractivity contribution in [2.24, 2.45) is 22.9 Å². The molecule has 1 amide bonds. The molecule has 2 aliphatic heterocycles. The highest BCUT2D eigenvalue weighted by Gasteiger charge is 2.51. The summed E-state index contributed by atoms with van der Waals surface area (Å²) in [5.41, 5.74) is 24.6. The lowest BCUT2D eigenvalue weighted by Crippen LogP contribution is -2.69. The smallest absolute Gasteiger partial charge is 0.249 e. The number of aliphatic hydroxyl groups is 5. The van der Waals surface area contributed by atoms with Crippen molar-refractivity contribution in [2.75, 3.05) is 19.7 Å². The fourth-order valence-corrected chi connectivity index (χ4v) is 6.14. The number of nitrogens with one attached hydrogen (secondary N) is 2. The SMILES string of the molecule is NCC[C@H](O)C(=O)N[C@@H]1C[C@H](N)C(O[C@@H]2OC(CN)CCC2N)C(O)[C@@H]1O[C@@H]1OC(CO)[C@H](O)[C@H](NCc2cccc(O)c2)C1O. The molecule has 4 rings (SSSR count). The summed E-state index contributed by atoms with van der Waals surface area (Å²) in [6, 6.07) is 2.90. The molecule has 0 bridgehead atoms. The molecule has 1 saturated carbocycles. The van der Waals surface area contributed by atoms with Crippen LogP contribution in [0.3, 0.4) is 0 Å². The standard InChI is InChI=1S/C29H50N6O11/c30-7-6-19(38)27(42)35-18-9-17(33)25(45-28-16(32)5-4-15(10-31)43-28)24(41)26(18)46-29-23(40)21(22(39)20(12-36)44-29)34-11-13-2-1-3-14(37)8-13/h1-3,8,15-26,28-29,34,36-41H,4-7,9-12,30-33H2,(H,35,42)/t15?,16?,17-,18+,19-,20?,21-,22-,23?,24?,25?,26+,28-,29-/m0/s1. The number of nitrogens with two attached hydrogens (primary N) is 4. The Morgan fingerprint density at radius 1 is 1.00 bits per heavy atom. The number of hydrogen-bond donors (Lipinski definition) is 12. The zero-order valence-electron chi connectivity index (χ0n) is 25.6. The van der Waals surface area contributed by atoms with E-state index in [0.717, 1.165) is 0 Å². The number of hydrogen-bond acceptors (Lipinski definition) is 16. The van der Waals surface area contributed by atoms with E-state index in [-0.39, 0.29) is 44.3 Å². The van der Waals surface area contributed by atoms with Gasteiger partial charge in [-0.1, -0.05) is 12.1 Å². The van der Waals surface area contributed by atoms with Gasteiger partial charge in [0.15, 0.2) is 12.6 Å². The zero-order chi connectivity index (χ0) is 33.5. The Morgan fingerprint density at radius 3 is 2.41 bits per heavy atom. The van der Waals surface area contributed by atoms with Crippen molar-refractivity contribution in [3.05, 3.63) is 29.8 Å². The number of phenolic OH excluding ortho intramolecular Hbond substituents is 1. The van der Waals surface area contributed by atoms with Crippen molar-refractivity contribution in [3.8, 4) is 5.75 Å². The normalized spacial score (nSPS) is 39.1. The molecule has 16 N–H and O–H groups in total. The van der Waals surface area contributed by atoms with Crippen molar-refractivity contribution in [3.63, 3.8) is 0 Å². The molecule has 17 nitrogen and oxygen atoms in total. The number of benzene rings is 1. The number of amides is 1. The van der Waals surface area contributed by atoms with Gasteiger partial charge in [0.25, 0.3) is 0 Å². The van der Waals surface area contributed by atoms with Crippen LogP contribution in [0.25, 0.3) is 0 Å². The summed E-state index contributed by atoms with van der Waals surface area (Å²) >= 11 is 0. The summed E-state index contributed by atoms with van der Waals surface area (Å²) in [6.07, 6.45) is -11.1. The molecule has 3 fully saturated rings. The molecule has 17 heteroatoms. The molecule has 1 aliphatic carbocycles. The van der Waals surface area contributed by atoms with Gasteiger partial charge in [0, 0.05) is 19.1 Å².